The third-order valence-corrected chi connectivity index (χ3v) is 5.70. The van der Waals surface area contributed by atoms with Gasteiger partial charge in [-0.1, -0.05) is 45.0 Å². The van der Waals surface area contributed by atoms with Gasteiger partial charge in [-0.25, -0.2) is 0 Å². The zero-order valence-corrected chi connectivity index (χ0v) is 16.8. The fraction of sp³-hybridized carbons (Fsp3) is 0.550. The molecule has 26 heavy (non-hydrogen) atoms. The van der Waals surface area contributed by atoms with Gasteiger partial charge in [0.25, 0.3) is 0 Å². The molecule has 3 rings (SSSR count). The van der Waals surface area contributed by atoms with E-state index in [9.17, 15) is 4.79 Å². The molecular weight excluding hydrogens is 346 g/mol. The maximum absolute atomic E-state index is 12.8. The van der Waals surface area contributed by atoms with Gasteiger partial charge in [0, 0.05) is 34.9 Å². The normalized spacial score (nSPS) is 17.7. The molecule has 0 bridgehead atoms. The number of nitrogens with zero attached hydrogens (tertiary/aromatic N) is 3. The lowest BCUT2D eigenvalue weighted by molar-refractivity contribution is -0.118. The minimum Gasteiger partial charge on any atom is -0.339 e. The molecule has 6 heteroatoms. The molecule has 2 heterocycles. The standard InChI is InChI=1S/C20H27N3O2S/c1-14-12-13-23(15-8-5-6-9-16(15)26-14)18(24)11-7-10-17-21-19(22-25-17)20(2,3)4/h5-6,8-9,14H,7,10-13H2,1-4H3. The van der Waals surface area contributed by atoms with E-state index in [-0.39, 0.29) is 11.3 Å². The highest BCUT2D eigenvalue weighted by molar-refractivity contribution is 8.00. The molecule has 1 aliphatic rings. The number of carbonyl (C=O) groups excluding carboxylic acids is 1. The van der Waals surface area contributed by atoms with Crippen LogP contribution in [0.15, 0.2) is 33.7 Å². The fourth-order valence-corrected chi connectivity index (χ4v) is 4.05. The highest BCUT2D eigenvalue weighted by Crippen LogP contribution is 2.37. The van der Waals surface area contributed by atoms with E-state index >= 15 is 0 Å². The van der Waals surface area contributed by atoms with Gasteiger partial charge in [-0.15, -0.1) is 11.8 Å². The first-order valence-corrected chi connectivity index (χ1v) is 10.1. The molecule has 0 aliphatic carbocycles. The fourth-order valence-electron chi connectivity index (χ4n) is 2.93. The summed E-state index contributed by atoms with van der Waals surface area (Å²) in [6, 6.07) is 8.19. The van der Waals surface area contributed by atoms with Crippen molar-refractivity contribution in [1.82, 2.24) is 10.1 Å². The Bertz CT molecular complexity index is 766. The number of para-hydroxylation sites is 1. The number of carbonyl (C=O) groups is 1. The molecule has 5 nitrogen and oxygen atoms in total. The summed E-state index contributed by atoms with van der Waals surface area (Å²) >= 11 is 1.85. The molecule has 140 valence electrons. The first-order valence-electron chi connectivity index (χ1n) is 9.23. The van der Waals surface area contributed by atoms with Gasteiger partial charge in [0.15, 0.2) is 5.82 Å². The Kier molecular flexibility index (Phi) is 5.70. The van der Waals surface area contributed by atoms with E-state index in [0.717, 1.165) is 18.7 Å². The molecule has 2 aromatic rings. The molecule has 1 aromatic carbocycles. The third-order valence-electron chi connectivity index (χ3n) is 4.46. The Hall–Kier alpha value is -1.82. The van der Waals surface area contributed by atoms with E-state index in [4.69, 9.17) is 4.52 Å². The van der Waals surface area contributed by atoms with Crippen LogP contribution in [-0.4, -0.2) is 27.8 Å². The van der Waals surface area contributed by atoms with E-state index in [1.165, 1.54) is 4.90 Å². The maximum atomic E-state index is 12.8. The lowest BCUT2D eigenvalue weighted by atomic mass is 9.96. The number of thioether (sulfide) groups is 1. The number of hydrogen-bond donors (Lipinski definition) is 0. The summed E-state index contributed by atoms with van der Waals surface area (Å²) in [5.74, 6) is 1.50. The summed E-state index contributed by atoms with van der Waals surface area (Å²) in [4.78, 5) is 20.4. The van der Waals surface area contributed by atoms with Crippen molar-refractivity contribution in [2.75, 3.05) is 11.4 Å². The Labute approximate surface area is 159 Å². The van der Waals surface area contributed by atoms with Crippen LogP contribution in [0.4, 0.5) is 5.69 Å². The zero-order valence-electron chi connectivity index (χ0n) is 16.0. The Balaban J connectivity index is 1.61. The van der Waals surface area contributed by atoms with Gasteiger partial charge in [-0.05, 0) is 25.0 Å². The summed E-state index contributed by atoms with van der Waals surface area (Å²) in [7, 11) is 0. The van der Waals surface area contributed by atoms with Crippen molar-refractivity contribution >= 4 is 23.4 Å². The summed E-state index contributed by atoms with van der Waals surface area (Å²) in [5, 5.41) is 4.56. The topological polar surface area (TPSA) is 59.2 Å². The molecule has 0 spiro atoms. The Morgan fingerprint density at radius 2 is 2.12 bits per heavy atom. The Morgan fingerprint density at radius 3 is 2.85 bits per heavy atom. The van der Waals surface area contributed by atoms with Gasteiger partial charge in [-0.3, -0.25) is 4.79 Å². The van der Waals surface area contributed by atoms with Crippen LogP contribution in [0, 0.1) is 0 Å². The van der Waals surface area contributed by atoms with Crippen LogP contribution in [0.1, 0.15) is 58.7 Å². The van der Waals surface area contributed by atoms with Crippen molar-refractivity contribution in [3.8, 4) is 0 Å². The summed E-state index contributed by atoms with van der Waals surface area (Å²) < 4.78 is 5.32. The molecule has 1 amide bonds. The minimum atomic E-state index is -0.123. The largest absolute Gasteiger partial charge is 0.339 e. The third kappa shape index (κ3) is 4.47. The van der Waals surface area contributed by atoms with Crippen molar-refractivity contribution in [3.05, 3.63) is 36.0 Å². The lowest BCUT2D eigenvalue weighted by Crippen LogP contribution is -2.32. The first-order chi connectivity index (χ1) is 12.3. The highest BCUT2D eigenvalue weighted by Gasteiger charge is 2.24. The van der Waals surface area contributed by atoms with Crippen LogP contribution >= 0.6 is 11.8 Å². The van der Waals surface area contributed by atoms with Crippen LogP contribution in [-0.2, 0) is 16.6 Å². The lowest BCUT2D eigenvalue weighted by Gasteiger charge is -2.22. The number of fused-ring (bicyclic) bond motifs is 1. The minimum absolute atomic E-state index is 0.123. The van der Waals surface area contributed by atoms with Crippen molar-refractivity contribution < 1.29 is 9.32 Å². The summed E-state index contributed by atoms with van der Waals surface area (Å²) in [5.41, 5.74) is 0.918. The molecule has 0 N–H and O–H groups in total. The molecule has 1 atom stereocenters. The number of hydrogen-bond acceptors (Lipinski definition) is 5. The number of aryl methyl sites for hydroxylation is 1. The second kappa shape index (κ2) is 7.82. The monoisotopic (exact) mass is 373 g/mol. The quantitative estimate of drug-likeness (QED) is 0.783. The van der Waals surface area contributed by atoms with Crippen molar-refractivity contribution in [2.24, 2.45) is 0 Å². The van der Waals surface area contributed by atoms with E-state index in [1.807, 2.05) is 34.9 Å². The first kappa shape index (κ1) is 19.0. The molecule has 0 saturated heterocycles. The van der Waals surface area contributed by atoms with Crippen molar-refractivity contribution in [1.29, 1.82) is 0 Å². The van der Waals surface area contributed by atoms with E-state index in [1.54, 1.807) is 0 Å². The van der Waals surface area contributed by atoms with E-state index in [0.29, 0.717) is 36.2 Å². The van der Waals surface area contributed by atoms with Gasteiger partial charge < -0.3 is 9.42 Å². The van der Waals surface area contributed by atoms with Crippen molar-refractivity contribution in [3.63, 3.8) is 0 Å². The van der Waals surface area contributed by atoms with Crippen LogP contribution in [0.25, 0.3) is 0 Å². The summed E-state index contributed by atoms with van der Waals surface area (Å²) in [6.07, 6.45) is 2.84. The molecular formula is C20H27N3O2S. The second-order valence-corrected chi connectivity index (χ2v) is 9.33. The van der Waals surface area contributed by atoms with Crippen LogP contribution in [0.2, 0.25) is 0 Å². The molecule has 0 fully saturated rings. The van der Waals surface area contributed by atoms with Crippen LogP contribution in [0.5, 0.6) is 0 Å². The van der Waals surface area contributed by atoms with Gasteiger partial charge in [0.1, 0.15) is 0 Å². The number of aromatic nitrogens is 2. The highest BCUT2D eigenvalue weighted by atomic mass is 32.2. The number of rotatable bonds is 4. The Morgan fingerprint density at radius 1 is 1.35 bits per heavy atom. The average molecular weight is 374 g/mol. The van der Waals surface area contributed by atoms with Crippen LogP contribution < -0.4 is 4.90 Å². The molecule has 1 aliphatic heterocycles. The van der Waals surface area contributed by atoms with E-state index in [2.05, 4.69) is 43.9 Å². The van der Waals surface area contributed by atoms with Gasteiger partial charge in [0.05, 0.1) is 5.69 Å². The van der Waals surface area contributed by atoms with Crippen LogP contribution in [0.3, 0.4) is 0 Å². The van der Waals surface area contributed by atoms with Crippen molar-refractivity contribution in [2.45, 2.75) is 68.9 Å². The SMILES string of the molecule is CC1CCN(C(=O)CCCc2nc(C(C)(C)C)no2)c2ccccc2S1. The van der Waals surface area contributed by atoms with Gasteiger partial charge in [0.2, 0.25) is 11.8 Å². The predicted octanol–water partition coefficient (Wildman–Crippen LogP) is 4.61. The molecule has 0 radical (unpaired) electrons. The number of anilines is 1. The maximum Gasteiger partial charge on any atom is 0.227 e. The molecule has 0 saturated carbocycles. The predicted molar refractivity (Wildman–Crippen MR) is 105 cm³/mol. The van der Waals surface area contributed by atoms with Gasteiger partial charge >= 0.3 is 0 Å². The summed E-state index contributed by atoms with van der Waals surface area (Å²) in [6.45, 7) is 9.17. The average Bonchev–Trinajstić information content (AvgIpc) is 2.99. The smallest absolute Gasteiger partial charge is 0.227 e. The molecule has 1 unspecified atom stereocenters. The number of amides is 1. The number of benzene rings is 1. The van der Waals surface area contributed by atoms with Gasteiger partial charge in [-0.2, -0.15) is 4.98 Å². The molecule has 1 aromatic heterocycles. The zero-order chi connectivity index (χ0) is 18.7. The second-order valence-electron chi connectivity index (χ2n) is 7.85. The van der Waals surface area contributed by atoms with E-state index < -0.39 is 0 Å².